The minimum atomic E-state index is -0.822. The molecule has 4 rings (SSSR count). The number of imide groups is 2. The van der Waals surface area contributed by atoms with Gasteiger partial charge in [-0.15, -0.1) is 0 Å². The van der Waals surface area contributed by atoms with Crippen LogP contribution >= 0.6 is 0 Å². The lowest BCUT2D eigenvalue weighted by atomic mass is 10.1. The Labute approximate surface area is 213 Å². The maximum atomic E-state index is 13.2. The van der Waals surface area contributed by atoms with Crippen LogP contribution in [0.1, 0.15) is 28.4 Å². The van der Waals surface area contributed by atoms with Gasteiger partial charge in [0.15, 0.2) is 11.5 Å². The van der Waals surface area contributed by atoms with Crippen molar-refractivity contribution in [1.82, 2.24) is 5.32 Å². The minimum absolute atomic E-state index is 0.168. The van der Waals surface area contributed by atoms with Gasteiger partial charge in [0, 0.05) is 0 Å². The molecule has 1 fully saturated rings. The summed E-state index contributed by atoms with van der Waals surface area (Å²) in [7, 11) is 1.53. The predicted molar refractivity (Wildman–Crippen MR) is 136 cm³/mol. The first kappa shape index (κ1) is 25.2. The fourth-order valence-electron chi connectivity index (χ4n) is 3.71. The summed E-state index contributed by atoms with van der Waals surface area (Å²) in [6, 6.07) is 17.1. The van der Waals surface area contributed by atoms with Gasteiger partial charge in [-0.1, -0.05) is 24.3 Å². The van der Waals surface area contributed by atoms with E-state index in [9.17, 15) is 19.2 Å². The molecular formula is C28H24N2O7. The number of hydrogen-bond acceptors (Lipinski definition) is 7. The second-order valence-electron chi connectivity index (χ2n) is 8.00. The highest BCUT2D eigenvalue weighted by Gasteiger charge is 2.37. The van der Waals surface area contributed by atoms with Gasteiger partial charge in [0.1, 0.15) is 11.3 Å². The normalized spacial score (nSPS) is 14.4. The highest BCUT2D eigenvalue weighted by molar-refractivity contribution is 6.39. The largest absolute Gasteiger partial charge is 0.497 e. The number of carbonyl (C=O) groups is 4. The van der Waals surface area contributed by atoms with E-state index in [0.717, 1.165) is 4.90 Å². The van der Waals surface area contributed by atoms with Gasteiger partial charge in [-0.3, -0.25) is 14.9 Å². The van der Waals surface area contributed by atoms with Crippen LogP contribution in [0.4, 0.5) is 10.5 Å². The third kappa shape index (κ3) is 5.35. The number of para-hydroxylation sites is 1. The molecule has 1 heterocycles. The van der Waals surface area contributed by atoms with Crippen molar-refractivity contribution < 1.29 is 33.4 Å². The minimum Gasteiger partial charge on any atom is -0.497 e. The second-order valence-corrected chi connectivity index (χ2v) is 8.00. The molecule has 1 N–H and O–H groups in total. The fraction of sp³-hybridized carbons (Fsp3) is 0.143. The van der Waals surface area contributed by atoms with Crippen molar-refractivity contribution in [3.63, 3.8) is 0 Å². The van der Waals surface area contributed by atoms with Gasteiger partial charge < -0.3 is 14.2 Å². The molecule has 37 heavy (non-hydrogen) atoms. The molecule has 0 unspecified atom stereocenters. The Balaban J connectivity index is 1.63. The second kappa shape index (κ2) is 10.8. The summed E-state index contributed by atoms with van der Waals surface area (Å²) in [6.07, 6.45) is 1.35. The number of aryl methyl sites for hydroxylation is 1. The average Bonchev–Trinajstić information content (AvgIpc) is 2.89. The fourth-order valence-corrected chi connectivity index (χ4v) is 3.71. The summed E-state index contributed by atoms with van der Waals surface area (Å²) >= 11 is 0. The predicted octanol–water partition coefficient (Wildman–Crippen LogP) is 4.29. The Morgan fingerprint density at radius 2 is 1.70 bits per heavy atom. The van der Waals surface area contributed by atoms with E-state index in [1.165, 1.54) is 19.3 Å². The van der Waals surface area contributed by atoms with Crippen LogP contribution in [0.2, 0.25) is 0 Å². The third-order valence-electron chi connectivity index (χ3n) is 5.57. The molecule has 0 aromatic heterocycles. The molecule has 0 radical (unpaired) electrons. The van der Waals surface area contributed by atoms with Crippen LogP contribution in [-0.4, -0.2) is 37.5 Å². The number of amides is 4. The first-order valence-corrected chi connectivity index (χ1v) is 11.4. The Bertz CT molecular complexity index is 1410. The third-order valence-corrected chi connectivity index (χ3v) is 5.57. The van der Waals surface area contributed by atoms with Crippen LogP contribution in [0.25, 0.3) is 6.08 Å². The van der Waals surface area contributed by atoms with Gasteiger partial charge in [0.2, 0.25) is 0 Å². The van der Waals surface area contributed by atoms with E-state index in [2.05, 4.69) is 5.32 Å². The molecule has 0 spiro atoms. The van der Waals surface area contributed by atoms with Crippen molar-refractivity contribution in [3.05, 3.63) is 89.0 Å². The molecule has 9 heteroatoms. The topological polar surface area (TPSA) is 111 Å². The van der Waals surface area contributed by atoms with Crippen LogP contribution in [0.15, 0.2) is 72.3 Å². The lowest BCUT2D eigenvalue weighted by Crippen LogP contribution is -2.54. The van der Waals surface area contributed by atoms with Crippen molar-refractivity contribution in [2.45, 2.75) is 13.8 Å². The molecule has 3 aromatic carbocycles. The van der Waals surface area contributed by atoms with Crippen LogP contribution < -0.4 is 24.4 Å². The van der Waals surface area contributed by atoms with Gasteiger partial charge in [-0.05, 0) is 73.5 Å². The number of esters is 1. The van der Waals surface area contributed by atoms with E-state index >= 15 is 0 Å². The molecule has 1 aliphatic heterocycles. The van der Waals surface area contributed by atoms with Crippen molar-refractivity contribution in [2.24, 2.45) is 0 Å². The van der Waals surface area contributed by atoms with Gasteiger partial charge >= 0.3 is 12.0 Å². The molecule has 0 saturated carbocycles. The van der Waals surface area contributed by atoms with Crippen molar-refractivity contribution in [2.75, 3.05) is 18.6 Å². The monoisotopic (exact) mass is 500 g/mol. The number of ether oxygens (including phenoxy) is 3. The number of rotatable bonds is 7. The number of hydrogen-bond donors (Lipinski definition) is 1. The van der Waals surface area contributed by atoms with Crippen LogP contribution in [0.5, 0.6) is 17.2 Å². The summed E-state index contributed by atoms with van der Waals surface area (Å²) < 4.78 is 16.3. The van der Waals surface area contributed by atoms with E-state index in [1.807, 2.05) is 0 Å². The summed E-state index contributed by atoms with van der Waals surface area (Å²) in [4.78, 5) is 51.8. The maximum Gasteiger partial charge on any atom is 0.343 e. The first-order chi connectivity index (χ1) is 17.8. The number of anilines is 1. The molecule has 1 saturated heterocycles. The molecule has 188 valence electrons. The standard InChI is InChI=1S/C28H24N2O7/c1-4-36-24-16-18(9-14-23(24)37-27(33)19-10-12-20(35-3)13-11-19)15-21-25(31)29-28(34)30(26(21)32)22-8-6-5-7-17(22)2/h5-16H,4H2,1-3H3,(H,29,31,34)/b21-15+. The average molecular weight is 501 g/mol. The lowest BCUT2D eigenvalue weighted by molar-refractivity contribution is -0.122. The first-order valence-electron chi connectivity index (χ1n) is 11.4. The van der Waals surface area contributed by atoms with Gasteiger partial charge in [-0.2, -0.15) is 0 Å². The molecule has 1 aliphatic rings. The Morgan fingerprint density at radius 1 is 0.973 bits per heavy atom. The summed E-state index contributed by atoms with van der Waals surface area (Å²) in [5.74, 6) is -1.14. The number of urea groups is 1. The summed E-state index contributed by atoms with van der Waals surface area (Å²) in [5.41, 5.74) is 1.60. The summed E-state index contributed by atoms with van der Waals surface area (Å²) in [5, 5.41) is 2.21. The molecule has 4 amide bonds. The van der Waals surface area contributed by atoms with Crippen LogP contribution in [-0.2, 0) is 9.59 Å². The number of benzene rings is 3. The molecule has 0 aliphatic carbocycles. The number of carbonyl (C=O) groups excluding carboxylic acids is 4. The van der Waals surface area contributed by atoms with Gasteiger partial charge in [-0.25, -0.2) is 14.5 Å². The Kier molecular flexibility index (Phi) is 7.34. The maximum absolute atomic E-state index is 13.2. The highest BCUT2D eigenvalue weighted by Crippen LogP contribution is 2.31. The van der Waals surface area contributed by atoms with Crippen molar-refractivity contribution in [3.8, 4) is 17.2 Å². The van der Waals surface area contributed by atoms with E-state index < -0.39 is 23.8 Å². The lowest BCUT2D eigenvalue weighted by Gasteiger charge is -2.27. The Hall–Kier alpha value is -4.92. The number of methoxy groups -OCH3 is 1. The van der Waals surface area contributed by atoms with E-state index in [0.29, 0.717) is 28.1 Å². The van der Waals surface area contributed by atoms with E-state index in [4.69, 9.17) is 14.2 Å². The van der Waals surface area contributed by atoms with Crippen LogP contribution in [0, 0.1) is 6.92 Å². The number of barbiturate groups is 1. The zero-order valence-corrected chi connectivity index (χ0v) is 20.4. The van der Waals surface area contributed by atoms with Crippen molar-refractivity contribution in [1.29, 1.82) is 0 Å². The summed E-state index contributed by atoms with van der Waals surface area (Å²) in [6.45, 7) is 3.81. The van der Waals surface area contributed by atoms with Crippen molar-refractivity contribution >= 4 is 35.6 Å². The molecule has 0 bridgehead atoms. The zero-order chi connectivity index (χ0) is 26.5. The van der Waals surface area contributed by atoms with E-state index in [1.54, 1.807) is 74.5 Å². The molecule has 3 aromatic rings. The van der Waals surface area contributed by atoms with Gasteiger partial charge in [0.05, 0.1) is 25.0 Å². The quantitative estimate of drug-likeness (QED) is 0.223. The van der Waals surface area contributed by atoms with E-state index in [-0.39, 0.29) is 23.7 Å². The van der Waals surface area contributed by atoms with Gasteiger partial charge in [0.25, 0.3) is 11.8 Å². The number of nitrogens with zero attached hydrogens (tertiary/aromatic N) is 1. The SMILES string of the molecule is CCOc1cc(/C=C2\C(=O)NC(=O)N(c3ccccc3C)C2=O)ccc1OC(=O)c1ccc(OC)cc1. The Morgan fingerprint density at radius 3 is 2.38 bits per heavy atom. The molecular weight excluding hydrogens is 476 g/mol. The zero-order valence-electron chi connectivity index (χ0n) is 20.4. The molecule has 0 atom stereocenters. The van der Waals surface area contributed by atoms with Crippen LogP contribution in [0.3, 0.4) is 0 Å². The highest BCUT2D eigenvalue weighted by atomic mass is 16.6. The molecule has 9 nitrogen and oxygen atoms in total. The smallest absolute Gasteiger partial charge is 0.343 e. The number of nitrogens with one attached hydrogen (secondary N) is 1.